The molecule has 0 unspecified atom stereocenters. The summed E-state index contributed by atoms with van der Waals surface area (Å²) in [5.41, 5.74) is 1.14. The van der Waals surface area contributed by atoms with E-state index in [1.807, 2.05) is 25.4 Å². The third-order valence-corrected chi connectivity index (χ3v) is 3.30. The minimum absolute atomic E-state index is 0.633. The molecule has 108 valence electrons. The molecule has 1 aromatic carbocycles. The van der Waals surface area contributed by atoms with E-state index in [4.69, 9.17) is 4.74 Å². The van der Waals surface area contributed by atoms with Crippen molar-refractivity contribution in [2.75, 3.05) is 6.54 Å². The van der Waals surface area contributed by atoms with E-state index in [1.54, 1.807) is 10.9 Å². The second-order valence-electron chi connectivity index (χ2n) is 5.23. The largest absolute Gasteiger partial charge is 0.454 e. The van der Waals surface area contributed by atoms with Crippen LogP contribution in [0.1, 0.15) is 19.4 Å². The van der Waals surface area contributed by atoms with Crippen LogP contribution in [0.15, 0.2) is 35.1 Å². The van der Waals surface area contributed by atoms with Crippen LogP contribution in [0.2, 0.25) is 0 Å². The van der Waals surface area contributed by atoms with Gasteiger partial charge >= 0.3 is 0 Å². The van der Waals surface area contributed by atoms with Crippen molar-refractivity contribution < 1.29 is 4.74 Å². The summed E-state index contributed by atoms with van der Waals surface area (Å²) in [4.78, 5) is 0. The molecule has 0 aliphatic heterocycles. The molecular formula is C15H20BrN3O. The number of benzene rings is 1. The predicted molar refractivity (Wildman–Crippen MR) is 84.0 cm³/mol. The number of nitrogens with one attached hydrogen (secondary N) is 1. The number of nitrogens with zero attached hydrogens (tertiary/aromatic N) is 2. The lowest BCUT2D eigenvalue weighted by molar-refractivity contribution is 0.468. The van der Waals surface area contributed by atoms with Crippen LogP contribution in [-0.4, -0.2) is 16.3 Å². The summed E-state index contributed by atoms with van der Waals surface area (Å²) >= 11 is 3.49. The quantitative estimate of drug-likeness (QED) is 0.873. The highest BCUT2D eigenvalue weighted by atomic mass is 79.9. The molecular weight excluding hydrogens is 318 g/mol. The van der Waals surface area contributed by atoms with Crippen molar-refractivity contribution in [3.63, 3.8) is 0 Å². The van der Waals surface area contributed by atoms with Crippen LogP contribution < -0.4 is 10.1 Å². The smallest absolute Gasteiger partial charge is 0.165 e. The molecule has 0 atom stereocenters. The normalized spacial score (nSPS) is 11.1. The molecule has 2 rings (SSSR count). The zero-order valence-electron chi connectivity index (χ0n) is 12.1. The van der Waals surface area contributed by atoms with Gasteiger partial charge in [-0.15, -0.1) is 0 Å². The molecule has 0 aliphatic carbocycles. The summed E-state index contributed by atoms with van der Waals surface area (Å²) in [5, 5.41) is 7.55. The topological polar surface area (TPSA) is 39.1 Å². The van der Waals surface area contributed by atoms with E-state index >= 15 is 0 Å². The zero-order chi connectivity index (χ0) is 14.5. The lowest BCUT2D eigenvalue weighted by Gasteiger charge is -2.12. The number of hydrogen-bond donors (Lipinski definition) is 1. The van der Waals surface area contributed by atoms with Crippen LogP contribution in [0.4, 0.5) is 0 Å². The van der Waals surface area contributed by atoms with E-state index in [2.05, 4.69) is 46.3 Å². The van der Waals surface area contributed by atoms with Gasteiger partial charge in [-0.05, 0) is 24.6 Å². The second-order valence-corrected chi connectivity index (χ2v) is 6.14. The van der Waals surface area contributed by atoms with Crippen LogP contribution in [0.5, 0.6) is 11.5 Å². The van der Waals surface area contributed by atoms with Crippen LogP contribution in [-0.2, 0) is 13.6 Å². The third kappa shape index (κ3) is 4.35. The van der Waals surface area contributed by atoms with Gasteiger partial charge in [0.1, 0.15) is 5.75 Å². The number of ether oxygens (including phenoxy) is 1. The van der Waals surface area contributed by atoms with E-state index in [9.17, 15) is 0 Å². The Morgan fingerprint density at radius 2 is 2.20 bits per heavy atom. The fraction of sp³-hybridized carbons (Fsp3) is 0.400. The number of aryl methyl sites for hydroxylation is 1. The van der Waals surface area contributed by atoms with E-state index in [1.165, 1.54) is 0 Å². The molecule has 1 heterocycles. The number of halogens is 1. The fourth-order valence-corrected chi connectivity index (χ4v) is 2.18. The molecule has 0 aliphatic rings. The Morgan fingerprint density at radius 3 is 2.85 bits per heavy atom. The van der Waals surface area contributed by atoms with Gasteiger partial charge in [-0.2, -0.15) is 5.10 Å². The Hall–Kier alpha value is -1.33. The average Bonchev–Trinajstić information content (AvgIpc) is 2.77. The van der Waals surface area contributed by atoms with Gasteiger partial charge in [0.25, 0.3) is 0 Å². The maximum absolute atomic E-state index is 5.92. The van der Waals surface area contributed by atoms with Gasteiger partial charge in [0.05, 0.1) is 12.4 Å². The number of rotatable bonds is 6. The molecule has 1 N–H and O–H groups in total. The lowest BCUT2D eigenvalue weighted by atomic mass is 10.2. The van der Waals surface area contributed by atoms with E-state index in [0.29, 0.717) is 5.92 Å². The van der Waals surface area contributed by atoms with Crippen LogP contribution in [0.25, 0.3) is 0 Å². The first-order chi connectivity index (χ1) is 9.54. The van der Waals surface area contributed by atoms with Crippen molar-refractivity contribution in [1.29, 1.82) is 0 Å². The molecule has 0 fully saturated rings. The van der Waals surface area contributed by atoms with Gasteiger partial charge in [-0.1, -0.05) is 35.8 Å². The van der Waals surface area contributed by atoms with Crippen molar-refractivity contribution in [2.45, 2.75) is 20.4 Å². The zero-order valence-corrected chi connectivity index (χ0v) is 13.6. The first-order valence-corrected chi connectivity index (χ1v) is 7.49. The van der Waals surface area contributed by atoms with Crippen LogP contribution >= 0.6 is 15.9 Å². The molecule has 0 bridgehead atoms. The Kier molecular flexibility index (Phi) is 5.20. The predicted octanol–water partition coefficient (Wildman–Crippen LogP) is 3.72. The van der Waals surface area contributed by atoms with Crippen molar-refractivity contribution >= 4 is 15.9 Å². The van der Waals surface area contributed by atoms with Gasteiger partial charge < -0.3 is 10.1 Å². The van der Waals surface area contributed by atoms with Crippen molar-refractivity contribution in [2.24, 2.45) is 13.0 Å². The SMILES string of the molecule is CC(C)CNCc1ccc(Br)cc1Oc1cnn(C)c1. The molecule has 0 spiro atoms. The third-order valence-electron chi connectivity index (χ3n) is 2.81. The molecule has 0 saturated carbocycles. The van der Waals surface area contributed by atoms with Crippen molar-refractivity contribution in [3.05, 3.63) is 40.6 Å². The van der Waals surface area contributed by atoms with Gasteiger partial charge in [-0.3, -0.25) is 4.68 Å². The molecule has 2 aromatic rings. The Bertz CT molecular complexity index is 566. The summed E-state index contributed by atoms with van der Waals surface area (Å²) in [5.74, 6) is 2.23. The highest BCUT2D eigenvalue weighted by molar-refractivity contribution is 9.10. The summed E-state index contributed by atoms with van der Waals surface area (Å²) < 4.78 is 8.65. The second kappa shape index (κ2) is 6.90. The van der Waals surface area contributed by atoms with Crippen molar-refractivity contribution in [1.82, 2.24) is 15.1 Å². The first-order valence-electron chi connectivity index (χ1n) is 6.70. The van der Waals surface area contributed by atoms with Gasteiger partial charge in [0, 0.05) is 23.6 Å². The fourth-order valence-electron chi connectivity index (χ4n) is 1.84. The minimum atomic E-state index is 0.633. The number of hydrogen-bond acceptors (Lipinski definition) is 3. The van der Waals surface area contributed by atoms with Crippen LogP contribution in [0.3, 0.4) is 0 Å². The monoisotopic (exact) mass is 337 g/mol. The molecule has 0 radical (unpaired) electrons. The molecule has 0 saturated heterocycles. The summed E-state index contributed by atoms with van der Waals surface area (Å²) in [6, 6.07) is 6.09. The Labute approximate surface area is 128 Å². The molecule has 1 aromatic heterocycles. The number of aromatic nitrogens is 2. The lowest BCUT2D eigenvalue weighted by Crippen LogP contribution is -2.19. The molecule has 4 nitrogen and oxygen atoms in total. The minimum Gasteiger partial charge on any atom is -0.454 e. The first kappa shape index (κ1) is 15.1. The van der Waals surface area contributed by atoms with E-state index < -0.39 is 0 Å². The Morgan fingerprint density at radius 1 is 1.40 bits per heavy atom. The Balaban J connectivity index is 2.11. The molecule has 0 amide bonds. The van der Waals surface area contributed by atoms with E-state index in [0.717, 1.165) is 34.6 Å². The van der Waals surface area contributed by atoms with E-state index in [-0.39, 0.29) is 0 Å². The maximum Gasteiger partial charge on any atom is 0.165 e. The van der Waals surface area contributed by atoms with Gasteiger partial charge in [0.15, 0.2) is 5.75 Å². The highest BCUT2D eigenvalue weighted by Gasteiger charge is 2.07. The standard InChI is InChI=1S/C15H20BrN3O/c1-11(2)7-17-8-12-4-5-13(16)6-15(12)20-14-9-18-19(3)10-14/h4-6,9-11,17H,7-8H2,1-3H3. The molecule has 5 heteroatoms. The maximum atomic E-state index is 5.92. The summed E-state index contributed by atoms with van der Waals surface area (Å²) in [6.45, 7) is 6.17. The summed E-state index contributed by atoms with van der Waals surface area (Å²) in [6.07, 6.45) is 3.57. The molecule has 20 heavy (non-hydrogen) atoms. The van der Waals surface area contributed by atoms with Gasteiger partial charge in [0.2, 0.25) is 0 Å². The van der Waals surface area contributed by atoms with Gasteiger partial charge in [-0.25, -0.2) is 0 Å². The van der Waals surface area contributed by atoms with Crippen LogP contribution in [0, 0.1) is 5.92 Å². The highest BCUT2D eigenvalue weighted by Crippen LogP contribution is 2.28. The van der Waals surface area contributed by atoms with Crippen molar-refractivity contribution in [3.8, 4) is 11.5 Å². The average molecular weight is 338 g/mol. The summed E-state index contributed by atoms with van der Waals surface area (Å²) in [7, 11) is 1.87.